The average molecular weight is 345 g/mol. The number of amides is 2. The van der Waals surface area contributed by atoms with Gasteiger partial charge < -0.3 is 25.4 Å². The molecule has 2 aliphatic heterocycles. The van der Waals surface area contributed by atoms with Gasteiger partial charge in [-0.3, -0.25) is 9.59 Å². The number of nitrogens with zero attached hydrogens (tertiary/aromatic N) is 1. The summed E-state index contributed by atoms with van der Waals surface area (Å²) in [6.45, 7) is 0.472. The van der Waals surface area contributed by atoms with Crippen molar-refractivity contribution < 1.29 is 24.2 Å². The molecule has 2 aliphatic rings. The smallest absolute Gasteiger partial charge is 0.337 e. The molecule has 0 saturated heterocycles. The van der Waals surface area contributed by atoms with Crippen LogP contribution in [0.4, 0.5) is 5.69 Å². The van der Waals surface area contributed by atoms with E-state index in [1.54, 1.807) is 6.07 Å². The minimum atomic E-state index is -0.582. The van der Waals surface area contributed by atoms with Gasteiger partial charge >= 0.3 is 5.97 Å². The van der Waals surface area contributed by atoms with E-state index in [2.05, 4.69) is 10.6 Å². The number of anilines is 1. The van der Waals surface area contributed by atoms with Crippen LogP contribution in [-0.4, -0.2) is 54.6 Å². The lowest BCUT2D eigenvalue weighted by Crippen LogP contribution is -2.31. The van der Waals surface area contributed by atoms with Gasteiger partial charge in [-0.05, 0) is 23.3 Å². The largest absolute Gasteiger partial charge is 0.466 e. The molecular formula is C17H19N3O5. The molecule has 0 atom stereocenters. The van der Waals surface area contributed by atoms with Crippen molar-refractivity contribution in [3.05, 3.63) is 40.6 Å². The van der Waals surface area contributed by atoms with Crippen LogP contribution in [0.2, 0.25) is 0 Å². The van der Waals surface area contributed by atoms with Crippen molar-refractivity contribution >= 4 is 23.5 Å². The van der Waals surface area contributed by atoms with Gasteiger partial charge in [-0.25, -0.2) is 4.79 Å². The molecule has 8 nitrogen and oxygen atoms in total. The number of nitrogens with one attached hydrogen (secondary N) is 2. The molecule has 0 radical (unpaired) electrons. The number of esters is 1. The third-order valence-electron chi connectivity index (χ3n) is 4.26. The van der Waals surface area contributed by atoms with Gasteiger partial charge in [0.2, 0.25) is 5.91 Å². The maximum Gasteiger partial charge on any atom is 0.337 e. The second-order valence-corrected chi connectivity index (χ2v) is 5.86. The maximum atomic E-state index is 12.5. The molecular weight excluding hydrogens is 326 g/mol. The first-order chi connectivity index (χ1) is 12.0. The molecule has 132 valence electrons. The standard InChI is InChI=1S/C17H19N3O5/c1-25-17(24)13-9-20(4-5-21)16(23)15(13)19-12-3-2-10-7-14(22)18-8-11(10)6-12/h2-3,6,19,21H,4-5,7-9H2,1H3,(H,18,22). The first kappa shape index (κ1) is 17.0. The molecule has 3 rings (SSSR count). The summed E-state index contributed by atoms with van der Waals surface area (Å²) in [4.78, 5) is 37.3. The van der Waals surface area contributed by atoms with E-state index in [4.69, 9.17) is 9.84 Å². The molecule has 25 heavy (non-hydrogen) atoms. The number of hydrogen-bond acceptors (Lipinski definition) is 6. The van der Waals surface area contributed by atoms with Crippen LogP contribution in [0.15, 0.2) is 29.5 Å². The maximum absolute atomic E-state index is 12.5. The number of methoxy groups -OCH3 is 1. The lowest BCUT2D eigenvalue weighted by atomic mass is 10.00. The van der Waals surface area contributed by atoms with Gasteiger partial charge in [0.05, 0.1) is 32.3 Å². The lowest BCUT2D eigenvalue weighted by Gasteiger charge is -2.18. The number of benzene rings is 1. The molecule has 0 spiro atoms. The Morgan fingerprint density at radius 2 is 2.16 bits per heavy atom. The van der Waals surface area contributed by atoms with E-state index in [0.717, 1.165) is 11.1 Å². The van der Waals surface area contributed by atoms with Gasteiger partial charge in [-0.1, -0.05) is 6.07 Å². The molecule has 0 saturated carbocycles. The molecule has 8 heteroatoms. The molecule has 1 aromatic carbocycles. The normalized spacial score (nSPS) is 16.6. The second kappa shape index (κ2) is 6.94. The summed E-state index contributed by atoms with van der Waals surface area (Å²) < 4.78 is 4.75. The van der Waals surface area contributed by atoms with Gasteiger partial charge in [-0.2, -0.15) is 0 Å². The van der Waals surface area contributed by atoms with E-state index in [9.17, 15) is 14.4 Å². The average Bonchev–Trinajstić information content (AvgIpc) is 2.91. The summed E-state index contributed by atoms with van der Waals surface area (Å²) in [5, 5.41) is 14.8. The molecule has 2 amide bonds. The number of carbonyl (C=O) groups is 3. The Labute approximate surface area is 144 Å². The van der Waals surface area contributed by atoms with Crippen LogP contribution in [0.3, 0.4) is 0 Å². The number of rotatable bonds is 5. The Morgan fingerprint density at radius 1 is 1.36 bits per heavy atom. The van der Waals surface area contributed by atoms with Crippen LogP contribution in [0.25, 0.3) is 0 Å². The van der Waals surface area contributed by atoms with Crippen molar-refractivity contribution in [2.45, 2.75) is 13.0 Å². The fourth-order valence-electron chi connectivity index (χ4n) is 2.96. The molecule has 0 unspecified atom stereocenters. The van der Waals surface area contributed by atoms with Crippen molar-refractivity contribution in [2.75, 3.05) is 32.1 Å². The minimum absolute atomic E-state index is 0.0190. The topological polar surface area (TPSA) is 108 Å². The third kappa shape index (κ3) is 3.34. The Kier molecular flexibility index (Phi) is 4.71. The van der Waals surface area contributed by atoms with Gasteiger partial charge in [0, 0.05) is 18.8 Å². The number of β-amino-alcohol motifs (C(OH)–C–C–N with tert-alkyl or cyclic N) is 1. The van der Waals surface area contributed by atoms with Gasteiger partial charge in [0.1, 0.15) is 5.70 Å². The fourth-order valence-corrected chi connectivity index (χ4v) is 2.96. The summed E-state index contributed by atoms with van der Waals surface area (Å²) >= 11 is 0. The van der Waals surface area contributed by atoms with Crippen molar-refractivity contribution in [3.63, 3.8) is 0 Å². The number of carbonyl (C=O) groups excluding carboxylic acids is 3. The summed E-state index contributed by atoms with van der Waals surface area (Å²) in [6, 6.07) is 5.44. The third-order valence-corrected chi connectivity index (χ3v) is 4.26. The first-order valence-electron chi connectivity index (χ1n) is 7.90. The van der Waals surface area contributed by atoms with Gasteiger partial charge in [-0.15, -0.1) is 0 Å². The fraction of sp³-hybridized carbons (Fsp3) is 0.353. The highest BCUT2D eigenvalue weighted by molar-refractivity contribution is 6.08. The van der Waals surface area contributed by atoms with Crippen LogP contribution in [0.1, 0.15) is 11.1 Å². The summed E-state index contributed by atoms with van der Waals surface area (Å²) in [5.41, 5.74) is 2.93. The molecule has 1 aromatic rings. The molecule has 0 bridgehead atoms. The van der Waals surface area contributed by atoms with Crippen molar-refractivity contribution in [1.29, 1.82) is 0 Å². The second-order valence-electron chi connectivity index (χ2n) is 5.86. The zero-order valence-corrected chi connectivity index (χ0v) is 13.8. The highest BCUT2D eigenvalue weighted by Gasteiger charge is 2.34. The monoisotopic (exact) mass is 345 g/mol. The lowest BCUT2D eigenvalue weighted by molar-refractivity contribution is -0.136. The molecule has 3 N–H and O–H groups in total. The van der Waals surface area contributed by atoms with Gasteiger partial charge in [0.15, 0.2) is 0 Å². The van der Waals surface area contributed by atoms with Crippen LogP contribution in [-0.2, 0) is 32.1 Å². The van der Waals surface area contributed by atoms with E-state index in [-0.39, 0.29) is 42.8 Å². The van der Waals surface area contributed by atoms with Crippen LogP contribution >= 0.6 is 0 Å². The Balaban J connectivity index is 1.87. The zero-order valence-electron chi connectivity index (χ0n) is 13.8. The number of aliphatic hydroxyl groups excluding tert-OH is 1. The molecule has 0 fully saturated rings. The summed E-state index contributed by atoms with van der Waals surface area (Å²) in [6.07, 6.45) is 0.328. The van der Waals surface area contributed by atoms with Crippen LogP contribution in [0, 0.1) is 0 Å². The van der Waals surface area contributed by atoms with Crippen LogP contribution in [0.5, 0.6) is 0 Å². The van der Waals surface area contributed by atoms with E-state index in [0.29, 0.717) is 18.7 Å². The number of fused-ring (bicyclic) bond motifs is 1. The van der Waals surface area contributed by atoms with E-state index < -0.39 is 5.97 Å². The first-order valence-corrected chi connectivity index (χ1v) is 7.90. The van der Waals surface area contributed by atoms with Crippen molar-refractivity contribution in [1.82, 2.24) is 10.2 Å². The predicted molar refractivity (Wildman–Crippen MR) is 88.3 cm³/mol. The number of hydrogen-bond donors (Lipinski definition) is 3. The highest BCUT2D eigenvalue weighted by Crippen LogP contribution is 2.25. The predicted octanol–water partition coefficient (Wildman–Crippen LogP) is -0.468. The molecule has 0 aliphatic carbocycles. The van der Waals surface area contributed by atoms with E-state index in [1.807, 2.05) is 12.1 Å². The quantitative estimate of drug-likeness (QED) is 0.623. The SMILES string of the molecule is COC(=O)C1=C(Nc2ccc3c(c2)CNC(=O)C3)C(=O)N(CCO)C1. The van der Waals surface area contributed by atoms with Gasteiger partial charge in [0.25, 0.3) is 5.91 Å². The minimum Gasteiger partial charge on any atom is -0.466 e. The summed E-state index contributed by atoms with van der Waals surface area (Å²) in [5.74, 6) is -0.962. The summed E-state index contributed by atoms with van der Waals surface area (Å²) in [7, 11) is 1.26. The van der Waals surface area contributed by atoms with Crippen molar-refractivity contribution in [3.8, 4) is 0 Å². The van der Waals surface area contributed by atoms with E-state index >= 15 is 0 Å². The van der Waals surface area contributed by atoms with Crippen molar-refractivity contribution in [2.24, 2.45) is 0 Å². The number of aliphatic hydroxyl groups is 1. The Bertz CT molecular complexity index is 772. The Hall–Kier alpha value is -2.87. The molecule has 0 aromatic heterocycles. The highest BCUT2D eigenvalue weighted by atomic mass is 16.5. The number of ether oxygens (including phenoxy) is 1. The Morgan fingerprint density at radius 3 is 2.88 bits per heavy atom. The zero-order chi connectivity index (χ0) is 18.0. The molecule has 2 heterocycles. The van der Waals surface area contributed by atoms with E-state index in [1.165, 1.54) is 12.0 Å². The van der Waals surface area contributed by atoms with Crippen LogP contribution < -0.4 is 10.6 Å².